The molecule has 0 aromatic heterocycles. The van der Waals surface area contributed by atoms with Crippen molar-refractivity contribution in [2.45, 2.75) is 25.9 Å². The molecule has 2 rings (SSSR count). The largest absolute Gasteiger partial charge is 0.351 e. The zero-order valence-electron chi connectivity index (χ0n) is 9.87. The van der Waals surface area contributed by atoms with E-state index >= 15 is 0 Å². The number of carbonyl (C=O) groups excluding carboxylic acids is 1. The summed E-state index contributed by atoms with van der Waals surface area (Å²) in [5, 5.41) is 6.05. The standard InChI is InChI=1S/C13H17FN2O/c1-9-6-7-15-12(9)13(17)16-8-10-2-4-11(14)5-3-10/h2-5,9,12,15H,6-8H2,1H3,(H,16,17). The number of amides is 1. The molecule has 1 aliphatic heterocycles. The van der Waals surface area contributed by atoms with Crippen molar-refractivity contribution in [2.24, 2.45) is 5.92 Å². The minimum Gasteiger partial charge on any atom is -0.351 e. The predicted octanol–water partition coefficient (Wildman–Crippen LogP) is 1.44. The summed E-state index contributed by atoms with van der Waals surface area (Å²) in [5.74, 6) is 0.147. The number of benzene rings is 1. The second kappa shape index (κ2) is 5.27. The van der Waals surface area contributed by atoms with Gasteiger partial charge in [0.15, 0.2) is 0 Å². The predicted molar refractivity (Wildman–Crippen MR) is 63.8 cm³/mol. The quantitative estimate of drug-likeness (QED) is 0.833. The highest BCUT2D eigenvalue weighted by Crippen LogP contribution is 2.14. The smallest absolute Gasteiger partial charge is 0.237 e. The lowest BCUT2D eigenvalue weighted by molar-refractivity contribution is -0.123. The van der Waals surface area contributed by atoms with Crippen molar-refractivity contribution in [1.29, 1.82) is 0 Å². The Hall–Kier alpha value is -1.42. The molecule has 1 heterocycles. The Labute approximate surface area is 100 Å². The minimum absolute atomic E-state index is 0.0272. The zero-order chi connectivity index (χ0) is 12.3. The average molecular weight is 236 g/mol. The van der Waals surface area contributed by atoms with Gasteiger partial charge in [0.2, 0.25) is 5.91 Å². The lowest BCUT2D eigenvalue weighted by atomic mass is 10.0. The van der Waals surface area contributed by atoms with E-state index in [1.54, 1.807) is 12.1 Å². The van der Waals surface area contributed by atoms with Crippen LogP contribution in [0.2, 0.25) is 0 Å². The first-order valence-electron chi connectivity index (χ1n) is 5.92. The van der Waals surface area contributed by atoms with Gasteiger partial charge in [-0.15, -0.1) is 0 Å². The van der Waals surface area contributed by atoms with E-state index < -0.39 is 0 Å². The summed E-state index contributed by atoms with van der Waals surface area (Å²) in [7, 11) is 0. The second-order valence-corrected chi connectivity index (χ2v) is 4.54. The number of nitrogens with one attached hydrogen (secondary N) is 2. The van der Waals surface area contributed by atoms with E-state index in [-0.39, 0.29) is 17.8 Å². The van der Waals surface area contributed by atoms with E-state index in [1.807, 2.05) is 0 Å². The van der Waals surface area contributed by atoms with E-state index in [0.29, 0.717) is 12.5 Å². The van der Waals surface area contributed by atoms with Gasteiger partial charge in [-0.25, -0.2) is 4.39 Å². The molecule has 1 saturated heterocycles. The second-order valence-electron chi connectivity index (χ2n) is 4.54. The van der Waals surface area contributed by atoms with Crippen LogP contribution < -0.4 is 10.6 Å². The van der Waals surface area contributed by atoms with Crippen LogP contribution in [0.3, 0.4) is 0 Å². The molecule has 0 saturated carbocycles. The fourth-order valence-electron chi connectivity index (χ4n) is 2.09. The van der Waals surface area contributed by atoms with Gasteiger partial charge in [0.1, 0.15) is 5.82 Å². The van der Waals surface area contributed by atoms with E-state index in [9.17, 15) is 9.18 Å². The molecule has 1 amide bonds. The van der Waals surface area contributed by atoms with Crippen molar-refractivity contribution >= 4 is 5.91 Å². The van der Waals surface area contributed by atoms with E-state index in [0.717, 1.165) is 18.5 Å². The van der Waals surface area contributed by atoms with Crippen molar-refractivity contribution in [3.8, 4) is 0 Å². The third-order valence-corrected chi connectivity index (χ3v) is 3.20. The van der Waals surface area contributed by atoms with Crippen LogP contribution in [0.15, 0.2) is 24.3 Å². The zero-order valence-corrected chi connectivity index (χ0v) is 9.87. The summed E-state index contributed by atoms with van der Waals surface area (Å²) >= 11 is 0. The van der Waals surface area contributed by atoms with Crippen LogP contribution in [0.5, 0.6) is 0 Å². The minimum atomic E-state index is -0.258. The van der Waals surface area contributed by atoms with Gasteiger partial charge < -0.3 is 10.6 Å². The van der Waals surface area contributed by atoms with Crippen LogP contribution >= 0.6 is 0 Å². The maximum absolute atomic E-state index is 12.7. The third-order valence-electron chi connectivity index (χ3n) is 3.20. The number of hydrogen-bond acceptors (Lipinski definition) is 2. The van der Waals surface area contributed by atoms with Gasteiger partial charge in [-0.2, -0.15) is 0 Å². The van der Waals surface area contributed by atoms with Gasteiger partial charge in [0, 0.05) is 6.54 Å². The fraction of sp³-hybridized carbons (Fsp3) is 0.462. The molecule has 1 fully saturated rings. The van der Waals surface area contributed by atoms with E-state index in [2.05, 4.69) is 17.6 Å². The van der Waals surface area contributed by atoms with Crippen molar-refractivity contribution in [2.75, 3.05) is 6.54 Å². The molecule has 0 bridgehead atoms. The number of hydrogen-bond donors (Lipinski definition) is 2. The molecule has 2 N–H and O–H groups in total. The average Bonchev–Trinajstić information content (AvgIpc) is 2.74. The van der Waals surface area contributed by atoms with Gasteiger partial charge in [0.25, 0.3) is 0 Å². The fourth-order valence-corrected chi connectivity index (χ4v) is 2.09. The Balaban J connectivity index is 1.85. The molecule has 1 aliphatic rings. The Morgan fingerprint density at radius 2 is 2.18 bits per heavy atom. The van der Waals surface area contributed by atoms with Crippen molar-refractivity contribution in [3.63, 3.8) is 0 Å². The summed E-state index contributed by atoms with van der Waals surface area (Å²) in [6.07, 6.45) is 1.04. The maximum atomic E-state index is 12.7. The molecular formula is C13H17FN2O. The molecule has 3 nitrogen and oxygen atoms in total. The Bertz CT molecular complexity index is 391. The van der Waals surface area contributed by atoms with Crippen LogP contribution in [-0.2, 0) is 11.3 Å². The monoisotopic (exact) mass is 236 g/mol. The maximum Gasteiger partial charge on any atom is 0.237 e. The molecule has 0 spiro atoms. The van der Waals surface area contributed by atoms with E-state index in [4.69, 9.17) is 0 Å². The summed E-state index contributed by atoms with van der Waals surface area (Å²) in [6.45, 7) is 3.42. The molecule has 17 heavy (non-hydrogen) atoms. The highest BCUT2D eigenvalue weighted by molar-refractivity contribution is 5.82. The summed E-state index contributed by atoms with van der Waals surface area (Å²) in [6, 6.07) is 6.08. The molecule has 2 atom stereocenters. The Morgan fingerprint density at radius 1 is 1.47 bits per heavy atom. The van der Waals surface area contributed by atoms with Gasteiger partial charge in [-0.3, -0.25) is 4.79 Å². The van der Waals surface area contributed by atoms with Crippen molar-refractivity contribution in [3.05, 3.63) is 35.6 Å². The molecule has 0 radical (unpaired) electrons. The molecule has 92 valence electrons. The molecule has 1 aromatic carbocycles. The molecule has 4 heteroatoms. The van der Waals surface area contributed by atoms with Crippen LogP contribution in [-0.4, -0.2) is 18.5 Å². The highest BCUT2D eigenvalue weighted by Gasteiger charge is 2.28. The Kier molecular flexibility index (Phi) is 3.74. The SMILES string of the molecule is CC1CCNC1C(=O)NCc1ccc(F)cc1. The van der Waals surface area contributed by atoms with Gasteiger partial charge in [-0.05, 0) is 36.6 Å². The molecule has 1 aromatic rings. The van der Waals surface area contributed by atoms with Crippen LogP contribution in [0.25, 0.3) is 0 Å². The van der Waals surface area contributed by atoms with Crippen molar-refractivity contribution < 1.29 is 9.18 Å². The third kappa shape index (κ3) is 3.03. The molecular weight excluding hydrogens is 219 g/mol. The van der Waals surface area contributed by atoms with Crippen molar-refractivity contribution in [1.82, 2.24) is 10.6 Å². The number of rotatable bonds is 3. The van der Waals surface area contributed by atoms with Gasteiger partial charge in [-0.1, -0.05) is 19.1 Å². The summed E-state index contributed by atoms with van der Waals surface area (Å²) in [5.41, 5.74) is 0.908. The molecule has 0 aliphatic carbocycles. The van der Waals surface area contributed by atoms with Crippen LogP contribution in [0.1, 0.15) is 18.9 Å². The normalized spacial score (nSPS) is 23.6. The summed E-state index contributed by atoms with van der Waals surface area (Å²) in [4.78, 5) is 11.8. The van der Waals surface area contributed by atoms with Crippen LogP contribution in [0, 0.1) is 11.7 Å². The number of halogens is 1. The molecule has 2 unspecified atom stereocenters. The van der Waals surface area contributed by atoms with Gasteiger partial charge >= 0.3 is 0 Å². The topological polar surface area (TPSA) is 41.1 Å². The number of carbonyl (C=O) groups is 1. The first-order valence-corrected chi connectivity index (χ1v) is 5.92. The van der Waals surface area contributed by atoms with Crippen LogP contribution in [0.4, 0.5) is 4.39 Å². The summed E-state index contributed by atoms with van der Waals surface area (Å²) < 4.78 is 12.7. The lowest BCUT2D eigenvalue weighted by Gasteiger charge is -2.15. The Morgan fingerprint density at radius 3 is 2.76 bits per heavy atom. The first-order chi connectivity index (χ1) is 8.16. The first kappa shape index (κ1) is 12.0. The highest BCUT2D eigenvalue weighted by atomic mass is 19.1. The lowest BCUT2D eigenvalue weighted by Crippen LogP contribution is -2.42. The van der Waals surface area contributed by atoms with E-state index in [1.165, 1.54) is 12.1 Å². The van der Waals surface area contributed by atoms with Gasteiger partial charge in [0.05, 0.1) is 6.04 Å².